The van der Waals surface area contributed by atoms with Crippen molar-refractivity contribution in [1.82, 2.24) is 5.32 Å². The van der Waals surface area contributed by atoms with Crippen molar-refractivity contribution >= 4 is 11.7 Å². The molecule has 98 valence electrons. The second kappa shape index (κ2) is 4.99. The van der Waals surface area contributed by atoms with Gasteiger partial charge in [0.2, 0.25) is 0 Å². The molecule has 0 radical (unpaired) electrons. The van der Waals surface area contributed by atoms with E-state index in [0.717, 1.165) is 12.1 Å². The first-order chi connectivity index (χ1) is 8.29. The van der Waals surface area contributed by atoms with E-state index >= 15 is 0 Å². The van der Waals surface area contributed by atoms with Crippen molar-refractivity contribution < 1.29 is 18.8 Å². The molecule has 7 heteroatoms. The standard InChI is InChI=1S/C11H13F2N3O2/c1-11(2,10(14)16-18)15-9(17)6-4-3-5-7(12)8(6)13/h3-5,18H,1-2H3,(H2,14,16)(H,15,17). The van der Waals surface area contributed by atoms with Gasteiger partial charge in [-0.1, -0.05) is 11.2 Å². The van der Waals surface area contributed by atoms with Crippen molar-refractivity contribution in [1.29, 1.82) is 0 Å². The quantitative estimate of drug-likeness (QED) is 0.329. The molecule has 0 fully saturated rings. The molecule has 0 aliphatic heterocycles. The number of halogens is 2. The van der Waals surface area contributed by atoms with Crippen molar-refractivity contribution in [2.75, 3.05) is 0 Å². The van der Waals surface area contributed by atoms with E-state index < -0.39 is 28.6 Å². The van der Waals surface area contributed by atoms with Crippen LogP contribution in [0.2, 0.25) is 0 Å². The number of nitrogens with zero attached hydrogens (tertiary/aromatic N) is 1. The predicted molar refractivity (Wildman–Crippen MR) is 61.3 cm³/mol. The van der Waals surface area contributed by atoms with Crippen LogP contribution >= 0.6 is 0 Å². The monoisotopic (exact) mass is 257 g/mol. The Labute approximate surface area is 102 Å². The molecule has 0 aliphatic carbocycles. The number of oxime groups is 1. The molecule has 0 bridgehead atoms. The first-order valence-corrected chi connectivity index (χ1v) is 5.04. The summed E-state index contributed by atoms with van der Waals surface area (Å²) in [5, 5.41) is 13.6. The minimum Gasteiger partial charge on any atom is -0.409 e. The highest BCUT2D eigenvalue weighted by Gasteiger charge is 2.27. The van der Waals surface area contributed by atoms with Gasteiger partial charge in [-0.15, -0.1) is 0 Å². The molecule has 1 amide bonds. The molecule has 4 N–H and O–H groups in total. The lowest BCUT2D eigenvalue weighted by Crippen LogP contribution is -2.53. The van der Waals surface area contributed by atoms with Gasteiger partial charge in [0, 0.05) is 0 Å². The number of amidine groups is 1. The van der Waals surface area contributed by atoms with E-state index in [-0.39, 0.29) is 5.84 Å². The Balaban J connectivity index is 3.00. The number of carbonyl (C=O) groups is 1. The van der Waals surface area contributed by atoms with Crippen molar-refractivity contribution in [2.24, 2.45) is 10.9 Å². The smallest absolute Gasteiger partial charge is 0.255 e. The average Bonchev–Trinajstić information content (AvgIpc) is 2.30. The van der Waals surface area contributed by atoms with E-state index in [0.29, 0.717) is 0 Å². The number of rotatable bonds is 3. The number of hydrogen-bond donors (Lipinski definition) is 3. The fourth-order valence-electron chi connectivity index (χ4n) is 1.22. The number of nitrogens with one attached hydrogen (secondary N) is 1. The summed E-state index contributed by atoms with van der Waals surface area (Å²) in [6, 6.07) is 3.25. The molecule has 5 nitrogen and oxygen atoms in total. The van der Waals surface area contributed by atoms with Gasteiger partial charge >= 0.3 is 0 Å². The fourth-order valence-corrected chi connectivity index (χ4v) is 1.22. The summed E-state index contributed by atoms with van der Waals surface area (Å²) in [4.78, 5) is 11.7. The maximum atomic E-state index is 13.4. The molecule has 0 saturated carbocycles. The largest absolute Gasteiger partial charge is 0.409 e. The van der Waals surface area contributed by atoms with Gasteiger partial charge in [-0.05, 0) is 26.0 Å². The highest BCUT2D eigenvalue weighted by molar-refractivity contribution is 6.00. The topological polar surface area (TPSA) is 87.7 Å². The summed E-state index contributed by atoms with van der Waals surface area (Å²) in [6.45, 7) is 2.91. The highest BCUT2D eigenvalue weighted by atomic mass is 19.2. The Kier molecular flexibility index (Phi) is 3.85. The van der Waals surface area contributed by atoms with Crippen LogP contribution < -0.4 is 11.1 Å². The van der Waals surface area contributed by atoms with Gasteiger partial charge in [0.15, 0.2) is 17.5 Å². The minimum atomic E-state index is -1.25. The Morgan fingerprint density at radius 3 is 2.61 bits per heavy atom. The fraction of sp³-hybridized carbons (Fsp3) is 0.273. The van der Waals surface area contributed by atoms with E-state index in [2.05, 4.69) is 10.5 Å². The van der Waals surface area contributed by atoms with Crippen LogP contribution in [0.5, 0.6) is 0 Å². The van der Waals surface area contributed by atoms with E-state index in [4.69, 9.17) is 10.9 Å². The zero-order chi connectivity index (χ0) is 13.9. The third-order valence-electron chi connectivity index (χ3n) is 2.37. The van der Waals surface area contributed by atoms with Crippen LogP contribution in [0.1, 0.15) is 24.2 Å². The van der Waals surface area contributed by atoms with Crippen molar-refractivity contribution in [3.05, 3.63) is 35.4 Å². The Morgan fingerprint density at radius 2 is 2.06 bits per heavy atom. The van der Waals surface area contributed by atoms with Crippen LogP contribution in [0.4, 0.5) is 8.78 Å². The van der Waals surface area contributed by atoms with Gasteiger partial charge in [0.1, 0.15) is 0 Å². The number of carbonyl (C=O) groups excluding carboxylic acids is 1. The molecule has 0 aromatic heterocycles. The first kappa shape index (κ1) is 13.9. The van der Waals surface area contributed by atoms with Gasteiger partial charge in [-0.2, -0.15) is 0 Å². The lowest BCUT2D eigenvalue weighted by atomic mass is 10.0. The van der Waals surface area contributed by atoms with E-state index in [1.165, 1.54) is 19.9 Å². The molecule has 0 atom stereocenters. The Morgan fingerprint density at radius 1 is 1.44 bits per heavy atom. The summed E-state index contributed by atoms with van der Waals surface area (Å²) >= 11 is 0. The zero-order valence-corrected chi connectivity index (χ0v) is 9.87. The average molecular weight is 257 g/mol. The maximum Gasteiger partial charge on any atom is 0.255 e. The number of hydrogen-bond acceptors (Lipinski definition) is 3. The molecule has 0 unspecified atom stereocenters. The molecule has 0 spiro atoms. The molecule has 0 heterocycles. The molecule has 1 rings (SSSR count). The molecule has 1 aromatic carbocycles. The van der Waals surface area contributed by atoms with Gasteiger partial charge in [0.25, 0.3) is 5.91 Å². The summed E-state index contributed by atoms with van der Waals surface area (Å²) < 4.78 is 26.3. The van der Waals surface area contributed by atoms with Gasteiger partial charge in [-0.3, -0.25) is 4.79 Å². The lowest BCUT2D eigenvalue weighted by Gasteiger charge is -2.24. The number of amides is 1. The first-order valence-electron chi connectivity index (χ1n) is 5.04. The lowest BCUT2D eigenvalue weighted by molar-refractivity contribution is 0.0925. The Hall–Kier alpha value is -2.18. The molecule has 0 saturated heterocycles. The Bertz CT molecular complexity index is 501. The maximum absolute atomic E-state index is 13.4. The summed E-state index contributed by atoms with van der Waals surface area (Å²) in [6.07, 6.45) is 0. The van der Waals surface area contributed by atoms with E-state index in [1.54, 1.807) is 0 Å². The molecule has 0 aliphatic rings. The molecule has 18 heavy (non-hydrogen) atoms. The van der Waals surface area contributed by atoms with E-state index in [1.807, 2.05) is 0 Å². The zero-order valence-electron chi connectivity index (χ0n) is 9.87. The second-order valence-electron chi connectivity index (χ2n) is 4.17. The van der Waals surface area contributed by atoms with Crippen molar-refractivity contribution in [3.63, 3.8) is 0 Å². The predicted octanol–water partition coefficient (Wildman–Crippen LogP) is 1.22. The van der Waals surface area contributed by atoms with E-state index in [9.17, 15) is 13.6 Å². The SMILES string of the molecule is CC(C)(NC(=O)c1cccc(F)c1F)C(N)=NO. The van der Waals surface area contributed by atoms with Crippen LogP contribution in [0.15, 0.2) is 23.4 Å². The minimum absolute atomic E-state index is 0.257. The molecule has 1 aromatic rings. The van der Waals surface area contributed by atoms with Crippen LogP contribution in [0.3, 0.4) is 0 Å². The van der Waals surface area contributed by atoms with Crippen LogP contribution in [0, 0.1) is 11.6 Å². The molecular weight excluding hydrogens is 244 g/mol. The number of benzene rings is 1. The van der Waals surface area contributed by atoms with Crippen molar-refractivity contribution in [2.45, 2.75) is 19.4 Å². The summed E-state index contributed by atoms with van der Waals surface area (Å²) in [5.41, 5.74) is 3.72. The third kappa shape index (κ3) is 2.73. The van der Waals surface area contributed by atoms with Gasteiger partial charge in [-0.25, -0.2) is 8.78 Å². The van der Waals surface area contributed by atoms with Crippen LogP contribution in [-0.4, -0.2) is 22.5 Å². The third-order valence-corrected chi connectivity index (χ3v) is 2.37. The normalized spacial score (nSPS) is 12.3. The number of nitrogens with two attached hydrogens (primary N) is 1. The van der Waals surface area contributed by atoms with Gasteiger partial charge in [0.05, 0.1) is 11.1 Å². The van der Waals surface area contributed by atoms with Crippen LogP contribution in [-0.2, 0) is 0 Å². The molecular formula is C11H13F2N3O2. The summed E-state index contributed by atoms with van der Waals surface area (Å²) in [7, 11) is 0. The second-order valence-corrected chi connectivity index (χ2v) is 4.17. The van der Waals surface area contributed by atoms with Crippen molar-refractivity contribution in [3.8, 4) is 0 Å². The summed E-state index contributed by atoms with van der Waals surface area (Å²) in [5.74, 6) is -3.48. The van der Waals surface area contributed by atoms with Gasteiger partial charge < -0.3 is 16.3 Å². The highest BCUT2D eigenvalue weighted by Crippen LogP contribution is 2.13. The van der Waals surface area contributed by atoms with Crippen LogP contribution in [0.25, 0.3) is 0 Å².